The zero-order valence-electron chi connectivity index (χ0n) is 9.61. The molecule has 0 aromatic heterocycles. The Morgan fingerprint density at radius 1 is 1.18 bits per heavy atom. The molecule has 0 aliphatic heterocycles. The summed E-state index contributed by atoms with van der Waals surface area (Å²) in [6.45, 7) is 2.41. The largest absolute Gasteiger partial charge is 0.489 e. The van der Waals surface area contributed by atoms with E-state index in [9.17, 15) is 0 Å². The number of rotatable bonds is 3. The molecule has 0 heterocycles. The van der Waals surface area contributed by atoms with Crippen LogP contribution in [0.2, 0.25) is 5.02 Å². The molecule has 0 aliphatic rings. The van der Waals surface area contributed by atoms with Crippen LogP contribution in [0.15, 0.2) is 42.5 Å². The fourth-order valence-electron chi connectivity index (χ4n) is 1.59. The van der Waals surface area contributed by atoms with Gasteiger partial charge in [0.2, 0.25) is 0 Å². The number of nitrogens with two attached hydrogens (primary N) is 1. The van der Waals surface area contributed by atoms with E-state index in [0.717, 1.165) is 16.9 Å². The van der Waals surface area contributed by atoms with Gasteiger partial charge in [0.1, 0.15) is 12.4 Å². The summed E-state index contributed by atoms with van der Waals surface area (Å²) in [6.07, 6.45) is 0. The molecule has 0 bridgehead atoms. The molecule has 2 nitrogen and oxygen atoms in total. The van der Waals surface area contributed by atoms with Crippen molar-refractivity contribution in [2.45, 2.75) is 13.5 Å². The summed E-state index contributed by atoms with van der Waals surface area (Å²) in [5, 5.41) is 0.637. The summed E-state index contributed by atoms with van der Waals surface area (Å²) in [6, 6.07) is 13.3. The van der Waals surface area contributed by atoms with Crippen LogP contribution < -0.4 is 10.5 Å². The average Bonchev–Trinajstić information content (AvgIpc) is 2.28. The van der Waals surface area contributed by atoms with Gasteiger partial charge in [0.25, 0.3) is 0 Å². The van der Waals surface area contributed by atoms with Gasteiger partial charge in [0.05, 0.1) is 0 Å². The van der Waals surface area contributed by atoms with Gasteiger partial charge in [-0.2, -0.15) is 0 Å². The van der Waals surface area contributed by atoms with Crippen LogP contribution in [0.3, 0.4) is 0 Å². The molecule has 0 spiro atoms. The highest BCUT2D eigenvalue weighted by Gasteiger charge is 2.05. The molecule has 0 saturated heterocycles. The van der Waals surface area contributed by atoms with Crippen molar-refractivity contribution in [3.05, 3.63) is 58.6 Å². The first-order valence-electron chi connectivity index (χ1n) is 5.39. The van der Waals surface area contributed by atoms with Crippen LogP contribution in [0.4, 0.5) is 5.69 Å². The van der Waals surface area contributed by atoms with Crippen molar-refractivity contribution in [2.75, 3.05) is 5.73 Å². The molecule has 0 amide bonds. The van der Waals surface area contributed by atoms with Crippen LogP contribution in [0.25, 0.3) is 0 Å². The van der Waals surface area contributed by atoms with Crippen molar-refractivity contribution in [2.24, 2.45) is 0 Å². The molecule has 0 atom stereocenters. The van der Waals surface area contributed by atoms with Crippen LogP contribution in [0.5, 0.6) is 5.75 Å². The fraction of sp³-hybridized carbons (Fsp3) is 0.143. The van der Waals surface area contributed by atoms with Crippen molar-refractivity contribution in [1.29, 1.82) is 0 Å². The molecule has 2 aromatic rings. The molecule has 88 valence electrons. The molecule has 0 unspecified atom stereocenters. The molecule has 0 saturated carbocycles. The first-order chi connectivity index (χ1) is 8.16. The Morgan fingerprint density at radius 2 is 1.94 bits per heavy atom. The van der Waals surface area contributed by atoms with E-state index >= 15 is 0 Å². The standard InChI is InChI=1S/C14H14ClNO/c1-10-4-2-5-11(8-10)17-9-12-13(15)6-3-7-14(12)16/h2-8H,9,16H2,1H3. The zero-order valence-corrected chi connectivity index (χ0v) is 10.4. The molecule has 0 aliphatic carbocycles. The molecule has 0 radical (unpaired) electrons. The quantitative estimate of drug-likeness (QED) is 0.837. The molecule has 0 fully saturated rings. The summed E-state index contributed by atoms with van der Waals surface area (Å²) in [5.74, 6) is 0.823. The van der Waals surface area contributed by atoms with Gasteiger partial charge in [-0.05, 0) is 36.8 Å². The summed E-state index contributed by atoms with van der Waals surface area (Å²) >= 11 is 6.07. The smallest absolute Gasteiger partial charge is 0.120 e. The number of benzene rings is 2. The predicted octanol–water partition coefficient (Wildman–Crippen LogP) is 3.81. The molecule has 2 rings (SSSR count). The molecule has 3 heteroatoms. The maximum Gasteiger partial charge on any atom is 0.120 e. The highest BCUT2D eigenvalue weighted by molar-refractivity contribution is 6.31. The number of hydrogen-bond acceptors (Lipinski definition) is 2. The fourth-order valence-corrected chi connectivity index (χ4v) is 1.82. The lowest BCUT2D eigenvalue weighted by atomic mass is 10.2. The van der Waals surface area contributed by atoms with E-state index in [1.54, 1.807) is 0 Å². The maximum absolute atomic E-state index is 6.07. The van der Waals surface area contributed by atoms with Crippen molar-refractivity contribution >= 4 is 17.3 Å². The monoisotopic (exact) mass is 247 g/mol. The first kappa shape index (κ1) is 11.8. The Kier molecular flexibility index (Phi) is 3.55. The van der Waals surface area contributed by atoms with Gasteiger partial charge in [0.15, 0.2) is 0 Å². The second-order valence-electron chi connectivity index (χ2n) is 3.91. The minimum atomic E-state index is 0.384. The van der Waals surface area contributed by atoms with Gasteiger partial charge >= 0.3 is 0 Å². The van der Waals surface area contributed by atoms with Gasteiger partial charge in [-0.15, -0.1) is 0 Å². The normalized spacial score (nSPS) is 10.2. The van der Waals surface area contributed by atoms with Crippen LogP contribution >= 0.6 is 11.6 Å². The third kappa shape index (κ3) is 2.92. The van der Waals surface area contributed by atoms with Crippen LogP contribution in [0.1, 0.15) is 11.1 Å². The number of ether oxygens (including phenoxy) is 1. The summed E-state index contributed by atoms with van der Waals surface area (Å²) < 4.78 is 5.67. The van der Waals surface area contributed by atoms with E-state index in [0.29, 0.717) is 17.3 Å². The van der Waals surface area contributed by atoms with Gasteiger partial charge in [-0.1, -0.05) is 29.8 Å². The molecular formula is C14H14ClNO. The number of aryl methyl sites for hydroxylation is 1. The summed E-state index contributed by atoms with van der Waals surface area (Å²) in [5.41, 5.74) is 8.50. The molecule has 2 aromatic carbocycles. The minimum Gasteiger partial charge on any atom is -0.489 e. The minimum absolute atomic E-state index is 0.384. The lowest BCUT2D eigenvalue weighted by Gasteiger charge is -2.10. The third-order valence-corrected chi connectivity index (χ3v) is 2.88. The lowest BCUT2D eigenvalue weighted by Crippen LogP contribution is -2.01. The van der Waals surface area contributed by atoms with Gasteiger partial charge in [-0.3, -0.25) is 0 Å². The van der Waals surface area contributed by atoms with Crippen molar-refractivity contribution in [3.8, 4) is 5.75 Å². The SMILES string of the molecule is Cc1cccc(OCc2c(N)cccc2Cl)c1. The Labute approximate surface area is 106 Å². The number of anilines is 1. The summed E-state index contributed by atoms with van der Waals surface area (Å²) in [7, 11) is 0. The van der Waals surface area contributed by atoms with E-state index in [1.165, 1.54) is 0 Å². The van der Waals surface area contributed by atoms with E-state index in [2.05, 4.69) is 0 Å². The van der Waals surface area contributed by atoms with Gasteiger partial charge in [-0.25, -0.2) is 0 Å². The second kappa shape index (κ2) is 5.11. The topological polar surface area (TPSA) is 35.2 Å². The van der Waals surface area contributed by atoms with E-state index in [1.807, 2.05) is 49.4 Å². The van der Waals surface area contributed by atoms with Gasteiger partial charge in [0, 0.05) is 16.3 Å². The van der Waals surface area contributed by atoms with Crippen molar-refractivity contribution < 1.29 is 4.74 Å². The van der Waals surface area contributed by atoms with Gasteiger partial charge < -0.3 is 10.5 Å². The zero-order chi connectivity index (χ0) is 12.3. The second-order valence-corrected chi connectivity index (χ2v) is 4.32. The average molecular weight is 248 g/mol. The molecule has 2 N–H and O–H groups in total. The first-order valence-corrected chi connectivity index (χ1v) is 5.77. The third-order valence-electron chi connectivity index (χ3n) is 2.53. The van der Waals surface area contributed by atoms with Crippen LogP contribution in [0, 0.1) is 6.92 Å². The number of hydrogen-bond donors (Lipinski definition) is 1. The molecular weight excluding hydrogens is 234 g/mol. The lowest BCUT2D eigenvalue weighted by molar-refractivity contribution is 0.307. The Morgan fingerprint density at radius 3 is 2.65 bits per heavy atom. The van der Waals surface area contributed by atoms with E-state index in [-0.39, 0.29) is 0 Å². The van der Waals surface area contributed by atoms with Crippen molar-refractivity contribution in [1.82, 2.24) is 0 Å². The van der Waals surface area contributed by atoms with Crippen molar-refractivity contribution in [3.63, 3.8) is 0 Å². The highest BCUT2D eigenvalue weighted by Crippen LogP contribution is 2.24. The maximum atomic E-state index is 6.07. The number of halogens is 1. The summed E-state index contributed by atoms with van der Waals surface area (Å²) in [4.78, 5) is 0. The van der Waals surface area contributed by atoms with Crippen LogP contribution in [-0.4, -0.2) is 0 Å². The predicted molar refractivity (Wildman–Crippen MR) is 71.4 cm³/mol. The van der Waals surface area contributed by atoms with E-state index in [4.69, 9.17) is 22.1 Å². The highest BCUT2D eigenvalue weighted by atomic mass is 35.5. The van der Waals surface area contributed by atoms with E-state index < -0.39 is 0 Å². The number of nitrogen functional groups attached to an aromatic ring is 1. The Hall–Kier alpha value is -1.67. The molecule has 17 heavy (non-hydrogen) atoms. The Bertz CT molecular complexity index is 505. The Balaban J connectivity index is 2.13. The van der Waals surface area contributed by atoms with Crippen LogP contribution in [-0.2, 0) is 6.61 Å².